The molecule has 1 aromatic heterocycles. The summed E-state index contributed by atoms with van der Waals surface area (Å²) in [6.07, 6.45) is 1.60. The average Bonchev–Trinajstić information content (AvgIpc) is 2.33. The second-order valence-corrected chi connectivity index (χ2v) is 5.93. The summed E-state index contributed by atoms with van der Waals surface area (Å²) in [4.78, 5) is 6.61. The van der Waals surface area contributed by atoms with Gasteiger partial charge < -0.3 is 5.32 Å². The van der Waals surface area contributed by atoms with E-state index in [2.05, 4.69) is 15.2 Å². The van der Waals surface area contributed by atoms with Gasteiger partial charge >= 0.3 is 0 Å². The summed E-state index contributed by atoms with van der Waals surface area (Å²) in [6, 6.07) is 1.70. The van der Waals surface area contributed by atoms with Crippen LogP contribution in [0.4, 0.5) is 5.82 Å². The highest BCUT2D eigenvalue weighted by Crippen LogP contribution is 2.22. The first kappa shape index (κ1) is 13.3. The number of halogens is 2. The average molecular weight is 292 g/mol. The monoisotopic (exact) mass is 291 g/mol. The van der Waals surface area contributed by atoms with Crippen LogP contribution in [0.25, 0.3) is 0 Å². The van der Waals surface area contributed by atoms with Crippen molar-refractivity contribution < 1.29 is 0 Å². The van der Waals surface area contributed by atoms with Crippen molar-refractivity contribution in [2.24, 2.45) is 0 Å². The van der Waals surface area contributed by atoms with E-state index in [1.807, 2.05) is 11.8 Å². The highest BCUT2D eigenvalue weighted by atomic mass is 35.5. The Labute approximate surface area is 116 Å². The van der Waals surface area contributed by atoms with Crippen LogP contribution in [-0.2, 0) is 0 Å². The van der Waals surface area contributed by atoms with Crippen LogP contribution < -0.4 is 5.32 Å². The SMILES string of the molecule is Clc1cnc(NCCN2CCSCC2)c(Cl)c1. The first-order valence-electron chi connectivity index (χ1n) is 5.61. The molecule has 0 amide bonds. The van der Waals surface area contributed by atoms with E-state index in [0.29, 0.717) is 15.9 Å². The summed E-state index contributed by atoms with van der Waals surface area (Å²) in [5.74, 6) is 3.18. The molecule has 1 saturated heterocycles. The molecule has 0 bridgehead atoms. The van der Waals surface area contributed by atoms with Gasteiger partial charge in [-0.15, -0.1) is 0 Å². The number of nitrogens with zero attached hydrogens (tertiary/aromatic N) is 2. The minimum atomic E-state index is 0.564. The van der Waals surface area contributed by atoms with Crippen molar-refractivity contribution in [1.82, 2.24) is 9.88 Å². The third-order valence-corrected chi connectivity index (χ3v) is 4.07. The Bertz CT molecular complexity index is 370. The Kier molecular flexibility index (Phi) is 5.22. The van der Waals surface area contributed by atoms with E-state index in [1.54, 1.807) is 12.3 Å². The molecule has 0 saturated carbocycles. The summed E-state index contributed by atoms with van der Waals surface area (Å²) in [5, 5.41) is 4.38. The largest absolute Gasteiger partial charge is 0.368 e. The number of thioether (sulfide) groups is 1. The van der Waals surface area contributed by atoms with Gasteiger partial charge in [0.05, 0.1) is 10.0 Å². The van der Waals surface area contributed by atoms with Crippen LogP contribution in [0.15, 0.2) is 12.3 Å². The third kappa shape index (κ3) is 4.21. The lowest BCUT2D eigenvalue weighted by molar-refractivity contribution is 0.314. The Morgan fingerprint density at radius 3 is 2.82 bits per heavy atom. The molecule has 2 rings (SSSR count). The number of nitrogens with one attached hydrogen (secondary N) is 1. The quantitative estimate of drug-likeness (QED) is 0.923. The predicted molar refractivity (Wildman–Crippen MR) is 76.5 cm³/mol. The fraction of sp³-hybridized carbons (Fsp3) is 0.545. The van der Waals surface area contributed by atoms with Crippen LogP contribution in [-0.4, -0.2) is 47.6 Å². The van der Waals surface area contributed by atoms with Gasteiger partial charge in [0, 0.05) is 43.9 Å². The predicted octanol–water partition coefficient (Wildman–Crippen LogP) is 2.85. The van der Waals surface area contributed by atoms with Crippen LogP contribution in [0.5, 0.6) is 0 Å². The molecule has 0 spiro atoms. The van der Waals surface area contributed by atoms with Gasteiger partial charge in [-0.05, 0) is 6.07 Å². The molecule has 3 nitrogen and oxygen atoms in total. The third-order valence-electron chi connectivity index (χ3n) is 2.63. The van der Waals surface area contributed by atoms with Crippen molar-refractivity contribution in [3.63, 3.8) is 0 Å². The van der Waals surface area contributed by atoms with Crippen molar-refractivity contribution in [2.75, 3.05) is 43.0 Å². The zero-order valence-electron chi connectivity index (χ0n) is 9.46. The lowest BCUT2D eigenvalue weighted by Gasteiger charge is -2.26. The maximum atomic E-state index is 6.02. The van der Waals surface area contributed by atoms with E-state index in [4.69, 9.17) is 23.2 Å². The van der Waals surface area contributed by atoms with E-state index in [0.717, 1.165) is 13.1 Å². The Morgan fingerprint density at radius 1 is 1.35 bits per heavy atom. The number of rotatable bonds is 4. The molecule has 1 aliphatic heterocycles. The number of anilines is 1. The fourth-order valence-corrected chi connectivity index (χ4v) is 3.13. The van der Waals surface area contributed by atoms with Crippen molar-refractivity contribution in [3.05, 3.63) is 22.3 Å². The molecule has 1 aliphatic rings. The van der Waals surface area contributed by atoms with E-state index in [-0.39, 0.29) is 0 Å². The highest BCUT2D eigenvalue weighted by molar-refractivity contribution is 7.99. The van der Waals surface area contributed by atoms with E-state index in [9.17, 15) is 0 Å². The summed E-state index contributed by atoms with van der Waals surface area (Å²) in [6.45, 7) is 4.24. The zero-order valence-corrected chi connectivity index (χ0v) is 11.8. The van der Waals surface area contributed by atoms with Crippen molar-refractivity contribution in [2.45, 2.75) is 0 Å². The minimum absolute atomic E-state index is 0.564. The Hall–Kier alpha value is -0.160. The topological polar surface area (TPSA) is 28.2 Å². The van der Waals surface area contributed by atoms with Crippen molar-refractivity contribution in [3.8, 4) is 0 Å². The lowest BCUT2D eigenvalue weighted by Crippen LogP contribution is -2.36. The molecule has 1 aromatic rings. The van der Waals surface area contributed by atoms with Gasteiger partial charge in [-0.1, -0.05) is 23.2 Å². The first-order valence-corrected chi connectivity index (χ1v) is 7.52. The van der Waals surface area contributed by atoms with Gasteiger partial charge in [-0.2, -0.15) is 11.8 Å². The minimum Gasteiger partial charge on any atom is -0.368 e. The second kappa shape index (κ2) is 6.69. The summed E-state index contributed by atoms with van der Waals surface area (Å²) < 4.78 is 0. The van der Waals surface area contributed by atoms with Gasteiger partial charge in [0.1, 0.15) is 5.82 Å². The maximum Gasteiger partial charge on any atom is 0.144 e. The van der Waals surface area contributed by atoms with Crippen molar-refractivity contribution in [1.29, 1.82) is 0 Å². The standard InChI is InChI=1S/C11H15Cl2N3S/c12-9-7-10(13)11(15-8-9)14-1-2-16-3-5-17-6-4-16/h7-8H,1-6H2,(H,14,15). The smallest absolute Gasteiger partial charge is 0.144 e. The van der Waals surface area contributed by atoms with Crippen molar-refractivity contribution >= 4 is 40.8 Å². The van der Waals surface area contributed by atoms with Crippen LogP contribution in [0, 0.1) is 0 Å². The summed E-state index contributed by atoms with van der Waals surface area (Å²) >= 11 is 13.8. The zero-order chi connectivity index (χ0) is 12.1. The van der Waals surface area contributed by atoms with Crippen LogP contribution in [0.3, 0.4) is 0 Å². The van der Waals surface area contributed by atoms with Gasteiger partial charge in [0.2, 0.25) is 0 Å². The Morgan fingerprint density at radius 2 is 2.12 bits per heavy atom. The molecular weight excluding hydrogens is 277 g/mol. The first-order chi connectivity index (χ1) is 8.25. The Balaban J connectivity index is 1.77. The molecule has 0 aromatic carbocycles. The van der Waals surface area contributed by atoms with Crippen LogP contribution in [0.2, 0.25) is 10.0 Å². The molecule has 6 heteroatoms. The molecular formula is C11H15Cl2N3S. The normalized spacial score (nSPS) is 17.1. The highest BCUT2D eigenvalue weighted by Gasteiger charge is 2.09. The molecule has 94 valence electrons. The van der Waals surface area contributed by atoms with Gasteiger partial charge in [0.15, 0.2) is 0 Å². The number of hydrogen-bond donors (Lipinski definition) is 1. The lowest BCUT2D eigenvalue weighted by atomic mass is 10.4. The molecule has 1 N–H and O–H groups in total. The molecule has 0 atom stereocenters. The second-order valence-electron chi connectivity index (χ2n) is 3.86. The molecule has 0 radical (unpaired) electrons. The van der Waals surface area contributed by atoms with E-state index >= 15 is 0 Å². The number of hydrogen-bond acceptors (Lipinski definition) is 4. The molecule has 0 aliphatic carbocycles. The number of aromatic nitrogens is 1. The van der Waals surface area contributed by atoms with E-state index < -0.39 is 0 Å². The molecule has 1 fully saturated rings. The molecule has 0 unspecified atom stereocenters. The van der Waals surface area contributed by atoms with Gasteiger partial charge in [0.25, 0.3) is 0 Å². The maximum absolute atomic E-state index is 6.02. The molecule has 17 heavy (non-hydrogen) atoms. The van der Waals surface area contributed by atoms with Crippen LogP contribution in [0.1, 0.15) is 0 Å². The van der Waals surface area contributed by atoms with Crippen LogP contribution >= 0.6 is 35.0 Å². The summed E-state index contributed by atoms with van der Waals surface area (Å²) in [5.41, 5.74) is 0. The van der Waals surface area contributed by atoms with Gasteiger partial charge in [-0.25, -0.2) is 4.98 Å². The van der Waals surface area contributed by atoms with Gasteiger partial charge in [-0.3, -0.25) is 4.90 Å². The fourth-order valence-electron chi connectivity index (χ4n) is 1.70. The molecule has 2 heterocycles. The summed E-state index contributed by atoms with van der Waals surface area (Å²) in [7, 11) is 0. The number of pyridine rings is 1. The van der Waals surface area contributed by atoms with E-state index in [1.165, 1.54) is 24.6 Å².